The SMILES string of the molecule is COc1cc(CNc2c(F)cccc2Br)cc(OC)c1. The Morgan fingerprint density at radius 3 is 2.30 bits per heavy atom. The second-order valence-electron chi connectivity index (χ2n) is 4.17. The van der Waals surface area contributed by atoms with E-state index in [-0.39, 0.29) is 5.82 Å². The molecule has 20 heavy (non-hydrogen) atoms. The highest BCUT2D eigenvalue weighted by Crippen LogP contribution is 2.27. The molecule has 0 aliphatic rings. The monoisotopic (exact) mass is 339 g/mol. The molecule has 0 radical (unpaired) electrons. The van der Waals surface area contributed by atoms with E-state index < -0.39 is 0 Å². The molecule has 2 aromatic rings. The minimum Gasteiger partial charge on any atom is -0.497 e. The lowest BCUT2D eigenvalue weighted by Crippen LogP contribution is -2.03. The summed E-state index contributed by atoms with van der Waals surface area (Å²) in [5.41, 5.74) is 1.38. The van der Waals surface area contributed by atoms with E-state index in [9.17, 15) is 4.39 Å². The quantitative estimate of drug-likeness (QED) is 0.884. The Morgan fingerprint density at radius 1 is 1.10 bits per heavy atom. The van der Waals surface area contributed by atoms with Gasteiger partial charge in [-0.25, -0.2) is 4.39 Å². The van der Waals surface area contributed by atoms with Gasteiger partial charge in [-0.3, -0.25) is 0 Å². The number of nitrogens with one attached hydrogen (secondary N) is 1. The third-order valence-electron chi connectivity index (χ3n) is 2.84. The van der Waals surface area contributed by atoms with Crippen molar-refractivity contribution in [1.82, 2.24) is 0 Å². The smallest absolute Gasteiger partial charge is 0.147 e. The summed E-state index contributed by atoms with van der Waals surface area (Å²) in [5, 5.41) is 3.07. The summed E-state index contributed by atoms with van der Waals surface area (Å²) < 4.78 is 24.8. The molecule has 0 saturated carbocycles. The second kappa shape index (κ2) is 6.61. The first-order chi connectivity index (χ1) is 9.63. The van der Waals surface area contributed by atoms with Crippen LogP contribution in [0.4, 0.5) is 10.1 Å². The van der Waals surface area contributed by atoms with Crippen molar-refractivity contribution < 1.29 is 13.9 Å². The molecule has 0 aliphatic carbocycles. The molecule has 0 bridgehead atoms. The van der Waals surface area contributed by atoms with Crippen molar-refractivity contribution in [2.45, 2.75) is 6.54 Å². The molecule has 0 fully saturated rings. The number of ether oxygens (including phenoxy) is 2. The number of hydrogen-bond donors (Lipinski definition) is 1. The van der Waals surface area contributed by atoms with Crippen molar-refractivity contribution in [3.63, 3.8) is 0 Å². The fraction of sp³-hybridized carbons (Fsp3) is 0.200. The zero-order valence-electron chi connectivity index (χ0n) is 11.2. The Labute approximate surface area is 125 Å². The van der Waals surface area contributed by atoms with Crippen molar-refractivity contribution in [1.29, 1.82) is 0 Å². The molecule has 106 valence electrons. The van der Waals surface area contributed by atoms with E-state index in [0.29, 0.717) is 28.2 Å². The van der Waals surface area contributed by atoms with Gasteiger partial charge in [0.05, 0.1) is 19.9 Å². The number of rotatable bonds is 5. The number of para-hydroxylation sites is 1. The Balaban J connectivity index is 2.18. The molecule has 0 unspecified atom stereocenters. The molecule has 0 amide bonds. The van der Waals surface area contributed by atoms with Crippen molar-refractivity contribution in [2.24, 2.45) is 0 Å². The van der Waals surface area contributed by atoms with Crippen molar-refractivity contribution in [2.75, 3.05) is 19.5 Å². The predicted molar refractivity (Wildman–Crippen MR) is 81.0 cm³/mol. The highest BCUT2D eigenvalue weighted by Gasteiger charge is 2.07. The Bertz CT molecular complexity index is 562. The van der Waals surface area contributed by atoms with Crippen LogP contribution in [-0.4, -0.2) is 14.2 Å². The lowest BCUT2D eigenvalue weighted by atomic mass is 10.2. The highest BCUT2D eigenvalue weighted by atomic mass is 79.9. The standard InChI is InChI=1S/C15H15BrFNO2/c1-19-11-6-10(7-12(8-11)20-2)9-18-15-13(16)4-3-5-14(15)17/h3-8,18H,9H2,1-2H3. The zero-order valence-corrected chi connectivity index (χ0v) is 12.8. The molecule has 2 rings (SSSR count). The fourth-order valence-corrected chi connectivity index (χ4v) is 2.31. The number of hydrogen-bond acceptors (Lipinski definition) is 3. The van der Waals surface area contributed by atoms with Crippen LogP contribution < -0.4 is 14.8 Å². The molecule has 0 spiro atoms. The molecule has 1 N–H and O–H groups in total. The minimum absolute atomic E-state index is 0.297. The average Bonchev–Trinajstić information content (AvgIpc) is 2.46. The number of anilines is 1. The third-order valence-corrected chi connectivity index (χ3v) is 3.50. The Kier molecular flexibility index (Phi) is 4.84. The molecular weight excluding hydrogens is 325 g/mol. The van der Waals surface area contributed by atoms with E-state index in [1.54, 1.807) is 32.4 Å². The first kappa shape index (κ1) is 14.7. The topological polar surface area (TPSA) is 30.5 Å². The van der Waals surface area contributed by atoms with E-state index in [1.807, 2.05) is 12.1 Å². The maximum absolute atomic E-state index is 13.7. The van der Waals surface area contributed by atoms with Crippen molar-refractivity contribution in [3.05, 3.63) is 52.3 Å². The molecule has 0 aromatic heterocycles. The van der Waals surface area contributed by atoms with E-state index in [2.05, 4.69) is 21.2 Å². The lowest BCUT2D eigenvalue weighted by Gasteiger charge is -2.12. The number of methoxy groups -OCH3 is 2. The summed E-state index contributed by atoms with van der Waals surface area (Å²) in [6, 6.07) is 10.4. The van der Waals surface area contributed by atoms with Crippen molar-refractivity contribution >= 4 is 21.6 Å². The summed E-state index contributed by atoms with van der Waals surface area (Å²) in [7, 11) is 3.19. The number of benzene rings is 2. The molecule has 2 aromatic carbocycles. The fourth-order valence-electron chi connectivity index (χ4n) is 1.83. The van der Waals surface area contributed by atoms with Gasteiger partial charge in [0.1, 0.15) is 17.3 Å². The van der Waals surface area contributed by atoms with Crippen LogP contribution in [0.25, 0.3) is 0 Å². The third kappa shape index (κ3) is 3.42. The molecule has 0 saturated heterocycles. The Morgan fingerprint density at radius 2 is 1.75 bits per heavy atom. The normalized spacial score (nSPS) is 10.2. The van der Waals surface area contributed by atoms with Gasteiger partial charge in [-0.15, -0.1) is 0 Å². The minimum atomic E-state index is -0.297. The summed E-state index contributed by atoms with van der Waals surface area (Å²) in [5.74, 6) is 1.11. The van der Waals surface area contributed by atoms with Crippen LogP contribution in [0.15, 0.2) is 40.9 Å². The van der Waals surface area contributed by atoms with Crippen LogP contribution in [0.2, 0.25) is 0 Å². The first-order valence-electron chi connectivity index (χ1n) is 6.04. The summed E-state index contributed by atoms with van der Waals surface area (Å²) in [6.07, 6.45) is 0. The zero-order chi connectivity index (χ0) is 14.5. The van der Waals surface area contributed by atoms with Crippen LogP contribution in [0, 0.1) is 5.82 Å². The lowest BCUT2D eigenvalue weighted by molar-refractivity contribution is 0.393. The van der Waals surface area contributed by atoms with Crippen LogP contribution in [0.5, 0.6) is 11.5 Å². The van der Waals surface area contributed by atoms with Gasteiger partial charge in [-0.05, 0) is 45.8 Å². The van der Waals surface area contributed by atoms with Gasteiger partial charge in [0, 0.05) is 17.1 Å². The highest BCUT2D eigenvalue weighted by molar-refractivity contribution is 9.10. The number of halogens is 2. The van der Waals surface area contributed by atoms with Crippen LogP contribution in [0.1, 0.15) is 5.56 Å². The molecule has 0 atom stereocenters. The van der Waals surface area contributed by atoms with Gasteiger partial charge in [-0.1, -0.05) is 6.07 Å². The maximum Gasteiger partial charge on any atom is 0.147 e. The molecule has 3 nitrogen and oxygen atoms in total. The second-order valence-corrected chi connectivity index (χ2v) is 5.03. The van der Waals surface area contributed by atoms with Gasteiger partial charge in [0.25, 0.3) is 0 Å². The molecule has 5 heteroatoms. The van der Waals surface area contributed by atoms with Crippen LogP contribution in [0.3, 0.4) is 0 Å². The maximum atomic E-state index is 13.7. The van der Waals surface area contributed by atoms with Gasteiger partial charge >= 0.3 is 0 Å². The predicted octanol–water partition coefficient (Wildman–Crippen LogP) is 4.22. The molecular formula is C15H15BrFNO2. The Hall–Kier alpha value is -1.75. The first-order valence-corrected chi connectivity index (χ1v) is 6.83. The van der Waals surface area contributed by atoms with E-state index in [1.165, 1.54) is 6.07 Å². The molecule has 0 aliphatic heterocycles. The van der Waals surface area contributed by atoms with Gasteiger partial charge in [-0.2, -0.15) is 0 Å². The van der Waals surface area contributed by atoms with E-state index in [4.69, 9.17) is 9.47 Å². The average molecular weight is 340 g/mol. The van der Waals surface area contributed by atoms with E-state index >= 15 is 0 Å². The van der Waals surface area contributed by atoms with Gasteiger partial charge < -0.3 is 14.8 Å². The summed E-state index contributed by atoms with van der Waals surface area (Å²) >= 11 is 3.33. The molecule has 0 heterocycles. The summed E-state index contributed by atoms with van der Waals surface area (Å²) in [4.78, 5) is 0. The largest absolute Gasteiger partial charge is 0.497 e. The van der Waals surface area contributed by atoms with Crippen molar-refractivity contribution in [3.8, 4) is 11.5 Å². The van der Waals surface area contributed by atoms with E-state index in [0.717, 1.165) is 5.56 Å². The van der Waals surface area contributed by atoms with Gasteiger partial charge in [0.2, 0.25) is 0 Å². The van der Waals surface area contributed by atoms with Crippen LogP contribution >= 0.6 is 15.9 Å². The van der Waals surface area contributed by atoms with Gasteiger partial charge in [0.15, 0.2) is 0 Å². The van der Waals surface area contributed by atoms with Crippen LogP contribution in [-0.2, 0) is 6.54 Å². The summed E-state index contributed by atoms with van der Waals surface area (Å²) in [6.45, 7) is 0.465.